The number of nitrogens with two attached hydrogens (primary N) is 1. The van der Waals surface area contributed by atoms with Crippen molar-refractivity contribution in [3.05, 3.63) is 59.1 Å². The Balaban J connectivity index is 1.74. The molecule has 0 aromatic heterocycles. The molecule has 2 aromatic carbocycles. The molecule has 0 saturated carbocycles. The lowest BCUT2D eigenvalue weighted by Gasteiger charge is -2.16. The van der Waals surface area contributed by atoms with Crippen molar-refractivity contribution in [1.29, 1.82) is 0 Å². The van der Waals surface area contributed by atoms with Gasteiger partial charge < -0.3 is 15.8 Å². The summed E-state index contributed by atoms with van der Waals surface area (Å²) in [5.41, 5.74) is 7.57. The van der Waals surface area contributed by atoms with Gasteiger partial charge in [0.25, 0.3) is 0 Å². The lowest BCUT2D eigenvalue weighted by Crippen LogP contribution is -2.33. The summed E-state index contributed by atoms with van der Waals surface area (Å²) in [5, 5.41) is 3.42. The summed E-state index contributed by atoms with van der Waals surface area (Å²) in [5.74, 6) is 0.593. The number of hydrogen-bond donors (Lipinski definition) is 2. The largest absolute Gasteiger partial charge is 0.487 e. The van der Waals surface area contributed by atoms with Crippen molar-refractivity contribution in [2.75, 3.05) is 12.3 Å². The van der Waals surface area contributed by atoms with Crippen LogP contribution in [0.25, 0.3) is 0 Å². The number of benzene rings is 2. The minimum absolute atomic E-state index is 0.0251. The van der Waals surface area contributed by atoms with E-state index in [9.17, 15) is 4.79 Å². The number of ether oxygens (including phenoxy) is 1. The molecule has 0 spiro atoms. The third-order valence-electron chi connectivity index (χ3n) is 3.43. The number of rotatable bonds is 7. The predicted octanol–water partition coefficient (Wildman–Crippen LogP) is 3.44. The molecule has 4 nitrogen and oxygen atoms in total. The topological polar surface area (TPSA) is 64.4 Å². The first kappa shape index (κ1) is 17.2. The van der Waals surface area contributed by atoms with Crippen molar-refractivity contribution >= 4 is 23.2 Å². The van der Waals surface area contributed by atoms with Gasteiger partial charge in [0.2, 0.25) is 5.91 Å². The molecule has 2 rings (SSSR count). The molecule has 23 heavy (non-hydrogen) atoms. The Morgan fingerprint density at radius 2 is 1.91 bits per heavy atom. The molecule has 1 unspecified atom stereocenters. The average Bonchev–Trinajstić information content (AvgIpc) is 2.54. The van der Waals surface area contributed by atoms with Crippen LogP contribution in [0.5, 0.6) is 5.75 Å². The highest BCUT2D eigenvalue weighted by Gasteiger charge is 2.09. The summed E-state index contributed by atoms with van der Waals surface area (Å²) < 4.78 is 5.71. The second kappa shape index (κ2) is 8.44. The zero-order chi connectivity index (χ0) is 16.7. The number of hydrogen-bond acceptors (Lipinski definition) is 3. The summed E-state index contributed by atoms with van der Waals surface area (Å²) in [6.07, 6.45) is 0.853. The van der Waals surface area contributed by atoms with Crippen LogP contribution in [0.15, 0.2) is 48.5 Å². The van der Waals surface area contributed by atoms with E-state index in [0.29, 0.717) is 30.2 Å². The quantitative estimate of drug-likeness (QED) is 0.763. The highest BCUT2D eigenvalue weighted by molar-refractivity contribution is 6.32. The van der Waals surface area contributed by atoms with Crippen LogP contribution < -0.4 is 15.8 Å². The zero-order valence-electron chi connectivity index (χ0n) is 13.1. The SMILES string of the molecule is CC(CNC(=O)CCc1ccccc1N)Oc1ccccc1Cl. The maximum atomic E-state index is 11.9. The molecular formula is C18H21ClN2O2. The first-order valence-corrected chi connectivity index (χ1v) is 7.95. The van der Waals surface area contributed by atoms with E-state index >= 15 is 0 Å². The molecule has 0 aliphatic carbocycles. The van der Waals surface area contributed by atoms with E-state index in [0.717, 1.165) is 11.3 Å². The Bertz CT molecular complexity index is 661. The predicted molar refractivity (Wildman–Crippen MR) is 93.7 cm³/mol. The minimum Gasteiger partial charge on any atom is -0.487 e. The number of amides is 1. The summed E-state index contributed by atoms with van der Waals surface area (Å²) in [4.78, 5) is 11.9. The Morgan fingerprint density at radius 1 is 1.22 bits per heavy atom. The fourth-order valence-electron chi connectivity index (χ4n) is 2.15. The first-order chi connectivity index (χ1) is 11.1. The van der Waals surface area contributed by atoms with Crippen molar-refractivity contribution < 1.29 is 9.53 Å². The van der Waals surface area contributed by atoms with Gasteiger partial charge in [-0.1, -0.05) is 41.9 Å². The van der Waals surface area contributed by atoms with Crippen molar-refractivity contribution in [3.63, 3.8) is 0 Å². The van der Waals surface area contributed by atoms with E-state index in [1.165, 1.54) is 0 Å². The summed E-state index contributed by atoms with van der Waals surface area (Å²) in [6.45, 7) is 2.31. The Hall–Kier alpha value is -2.20. The number of nitrogens with one attached hydrogen (secondary N) is 1. The lowest BCUT2D eigenvalue weighted by molar-refractivity contribution is -0.121. The van der Waals surface area contributed by atoms with Gasteiger partial charge in [-0.25, -0.2) is 0 Å². The molecule has 0 heterocycles. The summed E-state index contributed by atoms with van der Waals surface area (Å²) in [7, 11) is 0. The maximum Gasteiger partial charge on any atom is 0.220 e. The van der Waals surface area contributed by atoms with Crippen molar-refractivity contribution in [3.8, 4) is 5.75 Å². The van der Waals surface area contributed by atoms with E-state index in [2.05, 4.69) is 5.32 Å². The molecule has 1 amide bonds. The first-order valence-electron chi connectivity index (χ1n) is 7.57. The van der Waals surface area contributed by atoms with Crippen molar-refractivity contribution in [2.45, 2.75) is 25.9 Å². The Morgan fingerprint density at radius 3 is 2.65 bits per heavy atom. The van der Waals surface area contributed by atoms with E-state index in [1.807, 2.05) is 43.3 Å². The number of aryl methyl sites for hydroxylation is 1. The van der Waals surface area contributed by atoms with E-state index < -0.39 is 0 Å². The summed E-state index contributed by atoms with van der Waals surface area (Å²) in [6, 6.07) is 14.9. The highest BCUT2D eigenvalue weighted by atomic mass is 35.5. The van der Waals surface area contributed by atoms with Gasteiger partial charge in [0.15, 0.2) is 0 Å². The van der Waals surface area contributed by atoms with Crippen LogP contribution >= 0.6 is 11.6 Å². The number of nitrogen functional groups attached to an aromatic ring is 1. The number of anilines is 1. The molecule has 3 N–H and O–H groups in total. The number of para-hydroxylation sites is 2. The van der Waals surface area contributed by atoms with Gasteiger partial charge in [0.05, 0.1) is 11.6 Å². The maximum absolute atomic E-state index is 11.9. The van der Waals surface area contributed by atoms with Gasteiger partial charge in [0, 0.05) is 12.1 Å². The molecule has 5 heteroatoms. The molecule has 0 radical (unpaired) electrons. The molecule has 1 atom stereocenters. The molecule has 0 fully saturated rings. The van der Waals surface area contributed by atoms with Gasteiger partial charge in [0.1, 0.15) is 11.9 Å². The third-order valence-corrected chi connectivity index (χ3v) is 3.74. The van der Waals surface area contributed by atoms with Crippen LogP contribution in [-0.2, 0) is 11.2 Å². The smallest absolute Gasteiger partial charge is 0.220 e. The highest BCUT2D eigenvalue weighted by Crippen LogP contribution is 2.24. The van der Waals surface area contributed by atoms with E-state index in [-0.39, 0.29) is 12.0 Å². The monoisotopic (exact) mass is 332 g/mol. The molecule has 0 aliphatic rings. The van der Waals surface area contributed by atoms with Crippen LogP contribution in [0.3, 0.4) is 0 Å². The minimum atomic E-state index is -0.166. The molecule has 2 aromatic rings. The number of carbonyl (C=O) groups excluding carboxylic acids is 1. The zero-order valence-corrected chi connectivity index (χ0v) is 13.8. The second-order valence-electron chi connectivity index (χ2n) is 5.36. The Kier molecular flexibility index (Phi) is 6.29. The van der Waals surface area contributed by atoms with Gasteiger partial charge in [-0.2, -0.15) is 0 Å². The van der Waals surface area contributed by atoms with E-state index in [4.69, 9.17) is 22.1 Å². The standard InChI is InChI=1S/C18H21ClN2O2/c1-13(23-17-9-5-3-7-15(17)19)12-21-18(22)11-10-14-6-2-4-8-16(14)20/h2-9,13H,10-12,20H2,1H3,(H,21,22). The van der Waals surface area contributed by atoms with Crippen LogP contribution in [0, 0.1) is 0 Å². The van der Waals surface area contributed by atoms with Gasteiger partial charge >= 0.3 is 0 Å². The van der Waals surface area contributed by atoms with Crippen LogP contribution in [0.4, 0.5) is 5.69 Å². The second-order valence-corrected chi connectivity index (χ2v) is 5.77. The van der Waals surface area contributed by atoms with Crippen LogP contribution in [0.2, 0.25) is 5.02 Å². The lowest BCUT2D eigenvalue weighted by atomic mass is 10.1. The van der Waals surface area contributed by atoms with Gasteiger partial charge in [-0.05, 0) is 37.1 Å². The molecule has 0 bridgehead atoms. The third kappa shape index (κ3) is 5.49. The molecule has 0 aliphatic heterocycles. The molecular weight excluding hydrogens is 312 g/mol. The van der Waals surface area contributed by atoms with Gasteiger partial charge in [-0.15, -0.1) is 0 Å². The summed E-state index contributed by atoms with van der Waals surface area (Å²) >= 11 is 6.04. The van der Waals surface area contributed by atoms with Crippen LogP contribution in [0.1, 0.15) is 18.9 Å². The van der Waals surface area contributed by atoms with E-state index in [1.54, 1.807) is 12.1 Å². The Labute approximate surface area is 141 Å². The fraction of sp³-hybridized carbons (Fsp3) is 0.278. The average molecular weight is 333 g/mol. The van der Waals surface area contributed by atoms with Gasteiger partial charge in [-0.3, -0.25) is 4.79 Å². The van der Waals surface area contributed by atoms with Crippen molar-refractivity contribution in [2.24, 2.45) is 0 Å². The molecule has 122 valence electrons. The normalized spacial score (nSPS) is 11.7. The number of halogens is 1. The number of carbonyl (C=O) groups is 1. The van der Waals surface area contributed by atoms with Crippen molar-refractivity contribution in [1.82, 2.24) is 5.32 Å². The molecule has 0 saturated heterocycles. The van der Waals surface area contributed by atoms with Crippen LogP contribution in [-0.4, -0.2) is 18.6 Å². The fourth-order valence-corrected chi connectivity index (χ4v) is 2.34.